The number of anilines is 1. The number of nitrogens with zero attached hydrogens (tertiary/aromatic N) is 2. The van der Waals surface area contributed by atoms with Crippen LogP contribution in [0, 0.1) is 11.7 Å². The van der Waals surface area contributed by atoms with Gasteiger partial charge in [-0.25, -0.2) is 9.18 Å². The predicted octanol–water partition coefficient (Wildman–Crippen LogP) is 5.76. The number of benzene rings is 3. The van der Waals surface area contributed by atoms with Gasteiger partial charge in [0.15, 0.2) is 0 Å². The molecule has 2 aliphatic rings. The lowest BCUT2D eigenvalue weighted by atomic mass is 9.92. The molecule has 0 bridgehead atoms. The van der Waals surface area contributed by atoms with Gasteiger partial charge in [-0.1, -0.05) is 12.1 Å². The SMILES string of the molecule is CN1CCCC(COc2ccc(C3c4[nH]c5ccc(N)cc5c4CCN3C(=O)Oc3ccc(F)cc3)cc2)C1. The molecular weight excluding hydrogens is 495 g/mol. The van der Waals surface area contributed by atoms with Crippen molar-refractivity contribution in [2.75, 3.05) is 39.0 Å². The largest absolute Gasteiger partial charge is 0.493 e. The fourth-order valence-corrected chi connectivity index (χ4v) is 5.88. The smallest absolute Gasteiger partial charge is 0.416 e. The van der Waals surface area contributed by atoms with Crippen molar-refractivity contribution in [3.8, 4) is 11.5 Å². The van der Waals surface area contributed by atoms with Crippen molar-refractivity contribution in [3.63, 3.8) is 0 Å². The molecule has 4 aromatic rings. The van der Waals surface area contributed by atoms with Crippen LogP contribution in [0.2, 0.25) is 0 Å². The van der Waals surface area contributed by atoms with Crippen LogP contribution >= 0.6 is 0 Å². The number of amides is 1. The molecule has 39 heavy (non-hydrogen) atoms. The third-order valence-electron chi connectivity index (χ3n) is 7.81. The fourth-order valence-electron chi connectivity index (χ4n) is 5.88. The zero-order valence-corrected chi connectivity index (χ0v) is 22.0. The Kier molecular flexibility index (Phi) is 6.87. The maximum Gasteiger partial charge on any atom is 0.416 e. The Morgan fingerprint density at radius 3 is 2.59 bits per heavy atom. The molecule has 8 heteroatoms. The van der Waals surface area contributed by atoms with E-state index in [1.54, 1.807) is 4.90 Å². The summed E-state index contributed by atoms with van der Waals surface area (Å²) in [7, 11) is 2.16. The summed E-state index contributed by atoms with van der Waals surface area (Å²) < 4.78 is 25.2. The molecule has 0 radical (unpaired) electrons. The second kappa shape index (κ2) is 10.6. The van der Waals surface area contributed by atoms with Gasteiger partial charge in [0, 0.05) is 41.3 Å². The Bertz CT molecular complexity index is 1470. The van der Waals surface area contributed by atoms with Gasteiger partial charge in [0.1, 0.15) is 23.4 Å². The van der Waals surface area contributed by atoms with Gasteiger partial charge in [0.25, 0.3) is 0 Å². The van der Waals surface area contributed by atoms with Gasteiger partial charge in [0.05, 0.1) is 6.61 Å². The number of nitrogen functional groups attached to an aromatic ring is 1. The second-order valence-corrected chi connectivity index (χ2v) is 10.6. The van der Waals surface area contributed by atoms with Gasteiger partial charge < -0.3 is 25.1 Å². The summed E-state index contributed by atoms with van der Waals surface area (Å²) in [6, 6.07) is 18.9. The summed E-state index contributed by atoms with van der Waals surface area (Å²) in [6.07, 6.45) is 2.55. The third kappa shape index (κ3) is 5.29. The number of aromatic nitrogens is 1. The van der Waals surface area contributed by atoms with Crippen LogP contribution in [0.5, 0.6) is 11.5 Å². The number of piperidine rings is 1. The van der Waals surface area contributed by atoms with Crippen molar-refractivity contribution in [1.82, 2.24) is 14.8 Å². The molecule has 2 unspecified atom stereocenters. The number of ether oxygens (including phenoxy) is 2. The van der Waals surface area contributed by atoms with Crippen LogP contribution in [0.3, 0.4) is 0 Å². The van der Waals surface area contributed by atoms with E-state index in [-0.39, 0.29) is 5.82 Å². The minimum Gasteiger partial charge on any atom is -0.493 e. The van der Waals surface area contributed by atoms with Gasteiger partial charge in [-0.2, -0.15) is 0 Å². The van der Waals surface area contributed by atoms with Crippen LogP contribution in [0.1, 0.15) is 35.7 Å². The van der Waals surface area contributed by atoms with Gasteiger partial charge in [-0.15, -0.1) is 0 Å². The molecule has 1 aromatic heterocycles. The highest BCUT2D eigenvalue weighted by molar-refractivity contribution is 5.88. The first kappa shape index (κ1) is 25.2. The molecule has 2 aliphatic heterocycles. The van der Waals surface area contributed by atoms with Crippen molar-refractivity contribution in [2.45, 2.75) is 25.3 Å². The zero-order valence-electron chi connectivity index (χ0n) is 22.0. The summed E-state index contributed by atoms with van der Waals surface area (Å²) in [5.41, 5.74) is 10.8. The van der Waals surface area contributed by atoms with Gasteiger partial charge >= 0.3 is 6.09 Å². The van der Waals surface area contributed by atoms with Gasteiger partial charge in [-0.3, -0.25) is 4.90 Å². The minimum absolute atomic E-state index is 0.299. The Morgan fingerprint density at radius 2 is 1.82 bits per heavy atom. The number of hydrogen-bond donors (Lipinski definition) is 2. The number of nitrogens with two attached hydrogens (primary N) is 1. The maximum absolute atomic E-state index is 13.4. The lowest BCUT2D eigenvalue weighted by molar-refractivity contribution is 0.135. The number of aromatic amines is 1. The summed E-state index contributed by atoms with van der Waals surface area (Å²) >= 11 is 0. The van der Waals surface area contributed by atoms with Crippen LogP contribution < -0.4 is 15.2 Å². The topological polar surface area (TPSA) is 83.8 Å². The molecule has 1 amide bonds. The highest BCUT2D eigenvalue weighted by Gasteiger charge is 2.36. The van der Waals surface area contributed by atoms with Crippen molar-refractivity contribution in [2.24, 2.45) is 5.92 Å². The van der Waals surface area contributed by atoms with E-state index in [1.165, 1.54) is 37.1 Å². The molecule has 3 heterocycles. The van der Waals surface area contributed by atoms with Crippen LogP contribution in [0.25, 0.3) is 10.9 Å². The number of hydrogen-bond acceptors (Lipinski definition) is 5. The van der Waals surface area contributed by atoms with E-state index in [2.05, 4.69) is 16.9 Å². The van der Waals surface area contributed by atoms with Crippen LogP contribution in [0.4, 0.5) is 14.9 Å². The quantitative estimate of drug-likeness (QED) is 0.322. The first-order valence-electron chi connectivity index (χ1n) is 13.5. The van der Waals surface area contributed by atoms with Crippen molar-refractivity contribution >= 4 is 22.7 Å². The van der Waals surface area contributed by atoms with Gasteiger partial charge in [-0.05, 0) is 98.6 Å². The molecule has 3 aromatic carbocycles. The van der Waals surface area contributed by atoms with E-state index in [0.717, 1.165) is 46.6 Å². The Balaban J connectivity index is 1.29. The molecule has 0 spiro atoms. The van der Waals surface area contributed by atoms with Crippen molar-refractivity contribution in [1.29, 1.82) is 0 Å². The number of nitrogens with one attached hydrogen (secondary N) is 1. The molecule has 3 N–H and O–H groups in total. The molecule has 1 saturated heterocycles. The molecule has 7 nitrogen and oxygen atoms in total. The number of rotatable bonds is 5. The van der Waals surface area contributed by atoms with Crippen molar-refractivity contribution in [3.05, 3.63) is 89.4 Å². The van der Waals surface area contributed by atoms with E-state index < -0.39 is 12.1 Å². The minimum atomic E-state index is -0.489. The molecule has 202 valence electrons. The number of halogens is 1. The Labute approximate surface area is 227 Å². The number of H-pyrrole nitrogens is 1. The monoisotopic (exact) mass is 528 g/mol. The van der Waals surface area contributed by atoms with Gasteiger partial charge in [0.2, 0.25) is 0 Å². The van der Waals surface area contributed by atoms with E-state index in [4.69, 9.17) is 15.2 Å². The van der Waals surface area contributed by atoms with Crippen LogP contribution in [-0.2, 0) is 6.42 Å². The number of likely N-dealkylation sites (tertiary alicyclic amines) is 1. The molecule has 6 rings (SSSR count). The number of fused-ring (bicyclic) bond motifs is 3. The highest BCUT2D eigenvalue weighted by Crippen LogP contribution is 2.40. The first-order chi connectivity index (χ1) is 18.9. The average Bonchev–Trinajstić information content (AvgIpc) is 3.31. The molecule has 2 atom stereocenters. The zero-order chi connectivity index (χ0) is 26.9. The summed E-state index contributed by atoms with van der Waals surface area (Å²) in [5.74, 6) is 1.26. The first-order valence-corrected chi connectivity index (χ1v) is 13.5. The Hall–Kier alpha value is -4.04. The third-order valence-corrected chi connectivity index (χ3v) is 7.81. The molecule has 1 fully saturated rings. The number of carbonyl (C=O) groups is 1. The lowest BCUT2D eigenvalue weighted by Gasteiger charge is -2.35. The Morgan fingerprint density at radius 1 is 1.05 bits per heavy atom. The van der Waals surface area contributed by atoms with E-state index >= 15 is 0 Å². The summed E-state index contributed by atoms with van der Waals surface area (Å²) in [6.45, 7) is 3.36. The molecule has 0 aliphatic carbocycles. The van der Waals surface area contributed by atoms with Crippen LogP contribution in [0.15, 0.2) is 66.7 Å². The lowest BCUT2D eigenvalue weighted by Crippen LogP contribution is -2.42. The molecule has 0 saturated carbocycles. The summed E-state index contributed by atoms with van der Waals surface area (Å²) in [5, 5.41) is 1.07. The van der Waals surface area contributed by atoms with Crippen LogP contribution in [-0.4, -0.2) is 54.2 Å². The normalized spacial score (nSPS) is 19.6. The fraction of sp³-hybridized carbons (Fsp3) is 0.323. The number of carbonyl (C=O) groups excluding carboxylic acids is 1. The van der Waals surface area contributed by atoms with E-state index in [1.807, 2.05) is 42.5 Å². The van der Waals surface area contributed by atoms with Crippen molar-refractivity contribution < 1.29 is 18.7 Å². The standard InChI is InChI=1S/C31H33FN4O3/c1-35-15-2-3-20(18-35)19-38-24-9-4-21(5-10-24)30-29-26(27-17-23(33)8-13-28(27)34-29)14-16-36(30)31(37)39-25-11-6-22(32)7-12-25/h4-13,17,20,30,34H,2-3,14-16,18-19,33H2,1H3. The predicted molar refractivity (Wildman–Crippen MR) is 150 cm³/mol. The average molecular weight is 529 g/mol. The maximum atomic E-state index is 13.4. The molecular formula is C31H33FN4O3. The summed E-state index contributed by atoms with van der Waals surface area (Å²) in [4.78, 5) is 21.1. The van der Waals surface area contributed by atoms with E-state index in [0.29, 0.717) is 36.9 Å². The van der Waals surface area contributed by atoms with E-state index in [9.17, 15) is 9.18 Å². The highest BCUT2D eigenvalue weighted by atomic mass is 19.1. The second-order valence-electron chi connectivity index (χ2n) is 10.6.